The van der Waals surface area contributed by atoms with Gasteiger partial charge in [0.2, 0.25) is 0 Å². The van der Waals surface area contributed by atoms with Gasteiger partial charge in [-0.1, -0.05) is 0 Å². The molecule has 7 heavy (non-hydrogen) atoms. The van der Waals surface area contributed by atoms with Crippen LogP contribution in [0.5, 0.6) is 0 Å². The lowest BCUT2D eigenvalue weighted by Crippen LogP contribution is -2.21. The van der Waals surface area contributed by atoms with E-state index >= 15 is 0 Å². The standard InChI is InChI=1S/C4H11NO2/c6-3-1-5-2-4-7/h5-7H,1-4H2/i1D2,2D2. The van der Waals surface area contributed by atoms with Crippen LogP contribution in [-0.4, -0.2) is 36.4 Å². The van der Waals surface area contributed by atoms with Gasteiger partial charge in [-0.2, -0.15) is 0 Å². The Hall–Kier alpha value is -0.120. The van der Waals surface area contributed by atoms with E-state index in [0.29, 0.717) is 0 Å². The van der Waals surface area contributed by atoms with E-state index in [0.717, 1.165) is 0 Å². The minimum absolute atomic E-state index is 0.841. The predicted molar refractivity (Wildman–Crippen MR) is 27.0 cm³/mol. The smallest absolute Gasteiger partial charge is 0.0555 e. The molecule has 0 heterocycles. The van der Waals surface area contributed by atoms with Crippen molar-refractivity contribution in [2.45, 2.75) is 0 Å². The molecule has 3 heteroatoms. The largest absolute Gasteiger partial charge is 0.395 e. The Balaban J connectivity index is 4.02. The van der Waals surface area contributed by atoms with Crippen molar-refractivity contribution >= 4 is 0 Å². The summed E-state index contributed by atoms with van der Waals surface area (Å²) in [4.78, 5) is 0. The van der Waals surface area contributed by atoms with Crippen LogP contribution < -0.4 is 5.32 Å². The van der Waals surface area contributed by atoms with Crippen LogP contribution in [0.25, 0.3) is 0 Å². The highest BCUT2D eigenvalue weighted by atomic mass is 16.3. The second-order valence-corrected chi connectivity index (χ2v) is 0.795. The van der Waals surface area contributed by atoms with E-state index in [1.165, 1.54) is 0 Å². The first-order valence-electron chi connectivity index (χ1n) is 3.84. The first kappa shape index (κ1) is 2.44. The first-order valence-corrected chi connectivity index (χ1v) is 1.84. The molecule has 0 rings (SSSR count). The van der Waals surface area contributed by atoms with E-state index in [4.69, 9.17) is 15.7 Å². The van der Waals surface area contributed by atoms with E-state index in [9.17, 15) is 0 Å². The Labute approximate surface area is 48.6 Å². The van der Waals surface area contributed by atoms with Crippen LogP contribution >= 0.6 is 0 Å². The van der Waals surface area contributed by atoms with Gasteiger partial charge in [-0.05, 0) is 0 Å². The molecule has 0 bridgehead atoms. The fraction of sp³-hybridized carbons (Fsp3) is 1.00. The Kier molecular flexibility index (Phi) is 2.05. The SMILES string of the molecule is [2H]C([2H])(CO)NC([2H])([2H])CO. The van der Waals surface area contributed by atoms with Gasteiger partial charge < -0.3 is 15.5 Å². The van der Waals surface area contributed by atoms with Crippen molar-refractivity contribution in [3.8, 4) is 0 Å². The van der Waals surface area contributed by atoms with Crippen molar-refractivity contribution in [3.05, 3.63) is 0 Å². The van der Waals surface area contributed by atoms with Crippen LogP contribution in [0.2, 0.25) is 0 Å². The normalized spacial score (nSPS) is 22.0. The third-order valence-electron chi connectivity index (χ3n) is 0.335. The van der Waals surface area contributed by atoms with Crippen LogP contribution in [0.15, 0.2) is 0 Å². The van der Waals surface area contributed by atoms with Gasteiger partial charge in [-0.15, -0.1) is 0 Å². The van der Waals surface area contributed by atoms with Crippen molar-refractivity contribution in [2.75, 3.05) is 26.2 Å². The lowest BCUT2D eigenvalue weighted by Gasteiger charge is -1.94. The minimum Gasteiger partial charge on any atom is -0.395 e. The molecule has 3 nitrogen and oxygen atoms in total. The molecule has 0 unspecified atom stereocenters. The molecule has 0 aromatic heterocycles. The third-order valence-corrected chi connectivity index (χ3v) is 0.335. The fourth-order valence-electron chi connectivity index (χ4n) is 0.142. The Morgan fingerprint density at radius 2 is 1.71 bits per heavy atom. The summed E-state index contributed by atoms with van der Waals surface area (Å²) in [7, 11) is 0. The lowest BCUT2D eigenvalue weighted by molar-refractivity contribution is 0.267. The second-order valence-electron chi connectivity index (χ2n) is 0.795. The van der Waals surface area contributed by atoms with E-state index in [2.05, 4.69) is 0 Å². The van der Waals surface area contributed by atoms with Crippen molar-refractivity contribution in [1.82, 2.24) is 5.32 Å². The molecule has 44 valence electrons. The molecular formula is C4H11NO2. The molecule has 0 saturated heterocycles. The molecule has 0 amide bonds. The zero-order chi connectivity index (χ0) is 9.12. The highest BCUT2D eigenvalue weighted by Gasteiger charge is 1.78. The molecule has 0 fully saturated rings. The summed E-state index contributed by atoms with van der Waals surface area (Å²) in [5, 5.41) is 18.5. The highest BCUT2D eigenvalue weighted by molar-refractivity contribution is 4.39. The monoisotopic (exact) mass is 109 g/mol. The quantitative estimate of drug-likeness (QED) is 0.414. The van der Waals surface area contributed by atoms with Gasteiger partial charge in [0.1, 0.15) is 0 Å². The summed E-state index contributed by atoms with van der Waals surface area (Å²) < 4.78 is 27.6. The van der Waals surface area contributed by atoms with Crippen molar-refractivity contribution < 1.29 is 15.7 Å². The molecule has 0 aromatic carbocycles. The fourth-order valence-corrected chi connectivity index (χ4v) is 0.142. The molecule has 3 N–H and O–H groups in total. The van der Waals surface area contributed by atoms with Crippen molar-refractivity contribution in [2.24, 2.45) is 0 Å². The third kappa shape index (κ3) is 5.88. The average molecular weight is 109 g/mol. The van der Waals surface area contributed by atoms with Gasteiger partial charge in [0, 0.05) is 18.5 Å². The number of aliphatic hydroxyl groups is 2. The Morgan fingerprint density at radius 3 is 2.00 bits per heavy atom. The van der Waals surface area contributed by atoms with Crippen LogP contribution in [0.1, 0.15) is 5.48 Å². The molecule has 0 aliphatic rings. The summed E-state index contributed by atoms with van der Waals surface area (Å²) in [5.41, 5.74) is 0. The molecular weight excluding hydrogens is 94.0 g/mol. The van der Waals surface area contributed by atoms with Gasteiger partial charge in [0.15, 0.2) is 0 Å². The van der Waals surface area contributed by atoms with Gasteiger partial charge in [-0.3, -0.25) is 0 Å². The molecule has 0 aromatic rings. The molecule has 0 atom stereocenters. The van der Waals surface area contributed by atoms with Gasteiger partial charge in [0.05, 0.1) is 13.2 Å². The van der Waals surface area contributed by atoms with E-state index in [1.54, 1.807) is 5.32 Å². The molecule has 0 radical (unpaired) electrons. The summed E-state index contributed by atoms with van der Waals surface area (Å²) in [5.74, 6) is 0. The van der Waals surface area contributed by atoms with Crippen LogP contribution in [0.4, 0.5) is 0 Å². The first-order chi connectivity index (χ1) is 4.83. The van der Waals surface area contributed by atoms with Crippen molar-refractivity contribution in [1.29, 1.82) is 0 Å². The second kappa shape index (κ2) is 5.88. The summed E-state index contributed by atoms with van der Waals surface area (Å²) in [6.45, 7) is -6.09. The molecule has 0 aliphatic carbocycles. The van der Waals surface area contributed by atoms with Gasteiger partial charge >= 0.3 is 0 Å². The number of aliphatic hydroxyl groups excluding tert-OH is 2. The molecule has 0 saturated carbocycles. The number of hydrogen-bond acceptors (Lipinski definition) is 3. The molecule has 0 aliphatic heterocycles. The van der Waals surface area contributed by atoms with Crippen molar-refractivity contribution in [3.63, 3.8) is 0 Å². The van der Waals surface area contributed by atoms with Crippen LogP contribution in [0, 0.1) is 0 Å². The highest BCUT2D eigenvalue weighted by Crippen LogP contribution is 1.54. The zero-order valence-corrected chi connectivity index (χ0v) is 3.81. The average Bonchev–Trinajstić information content (AvgIpc) is 1.86. The minimum atomic E-state index is -2.20. The summed E-state index contributed by atoms with van der Waals surface area (Å²) >= 11 is 0. The van der Waals surface area contributed by atoms with Crippen LogP contribution in [-0.2, 0) is 0 Å². The zero-order valence-electron chi connectivity index (χ0n) is 7.81. The summed E-state index contributed by atoms with van der Waals surface area (Å²) in [6.07, 6.45) is 0. The maximum absolute atomic E-state index is 8.37. The van der Waals surface area contributed by atoms with Gasteiger partial charge in [-0.25, -0.2) is 0 Å². The summed E-state index contributed by atoms with van der Waals surface area (Å²) in [6, 6.07) is 0. The maximum Gasteiger partial charge on any atom is 0.0555 e. The van der Waals surface area contributed by atoms with E-state index < -0.39 is 26.2 Å². The molecule has 0 spiro atoms. The van der Waals surface area contributed by atoms with E-state index in [1.807, 2.05) is 0 Å². The van der Waals surface area contributed by atoms with Crippen LogP contribution in [0.3, 0.4) is 0 Å². The topological polar surface area (TPSA) is 52.5 Å². The number of nitrogens with one attached hydrogen (secondary N) is 1. The Morgan fingerprint density at radius 1 is 1.29 bits per heavy atom. The number of hydrogen-bond donors (Lipinski definition) is 3. The lowest BCUT2D eigenvalue weighted by atomic mass is 10.6. The van der Waals surface area contributed by atoms with E-state index in [-0.39, 0.29) is 0 Å². The van der Waals surface area contributed by atoms with Gasteiger partial charge in [0.25, 0.3) is 0 Å². The Bertz CT molecular complexity index is 115. The predicted octanol–water partition coefficient (Wildman–Crippen LogP) is -1.44. The maximum atomic E-state index is 8.37. The number of rotatable bonds is 4.